The quantitative estimate of drug-likeness (QED) is 0.119. The summed E-state index contributed by atoms with van der Waals surface area (Å²) in [5.74, 6) is -2.11. The summed E-state index contributed by atoms with van der Waals surface area (Å²) in [7, 11) is 0. The van der Waals surface area contributed by atoms with Crippen LogP contribution in [0.5, 0.6) is 0 Å². The Bertz CT molecular complexity index is 1580. The molecule has 0 bridgehead atoms. The SMILES string of the molecule is CCCN(CCC)C(=O)c1cc(C(=O)OC(CNCc2cccc(CC)c2)C(N)Cc2cc(F)cc(F)c2)cc(-c2ncco2)c1.Cl.Cl. The maximum atomic E-state index is 14.0. The lowest BCUT2D eigenvalue weighted by Crippen LogP contribution is -2.46. The van der Waals surface area contributed by atoms with Crippen LogP contribution in [-0.4, -0.2) is 53.5 Å². The molecule has 1 heterocycles. The number of nitrogens with two attached hydrogens (primary N) is 1. The molecule has 0 radical (unpaired) electrons. The van der Waals surface area contributed by atoms with E-state index in [1.807, 2.05) is 26.0 Å². The third-order valence-corrected chi connectivity index (χ3v) is 7.57. The zero-order chi connectivity index (χ0) is 33.1. The molecule has 2 atom stereocenters. The number of hydrogen-bond acceptors (Lipinski definition) is 7. The van der Waals surface area contributed by atoms with Gasteiger partial charge >= 0.3 is 5.97 Å². The Labute approximate surface area is 293 Å². The number of nitrogens with one attached hydrogen (secondary N) is 1. The predicted molar refractivity (Wildman–Crippen MR) is 188 cm³/mol. The van der Waals surface area contributed by atoms with Gasteiger partial charge in [0.25, 0.3) is 5.91 Å². The maximum absolute atomic E-state index is 14.0. The summed E-state index contributed by atoms with van der Waals surface area (Å²) in [6, 6.07) is 15.2. The molecule has 3 N–H and O–H groups in total. The average Bonchev–Trinajstić information content (AvgIpc) is 3.58. The number of aromatic nitrogens is 1. The molecule has 12 heteroatoms. The molecular formula is C36H44Cl2F2N4O4. The molecule has 0 saturated heterocycles. The molecule has 4 rings (SSSR count). The summed E-state index contributed by atoms with van der Waals surface area (Å²) in [6.45, 7) is 7.88. The van der Waals surface area contributed by atoms with Crippen molar-refractivity contribution >= 4 is 36.7 Å². The number of halogens is 4. The summed E-state index contributed by atoms with van der Waals surface area (Å²) in [5, 5.41) is 3.31. The van der Waals surface area contributed by atoms with Gasteiger partial charge in [0.15, 0.2) is 0 Å². The molecule has 0 spiro atoms. The molecule has 48 heavy (non-hydrogen) atoms. The Hall–Kier alpha value is -3.83. The number of ether oxygens (including phenoxy) is 1. The number of esters is 1. The Balaban J connectivity index is 0.00000400. The fourth-order valence-electron chi connectivity index (χ4n) is 5.33. The molecule has 4 aromatic rings. The van der Waals surface area contributed by atoms with Gasteiger partial charge in [-0.3, -0.25) is 4.79 Å². The number of aryl methyl sites for hydroxylation is 1. The Morgan fingerprint density at radius 1 is 0.917 bits per heavy atom. The average molecular weight is 706 g/mol. The fourth-order valence-corrected chi connectivity index (χ4v) is 5.33. The van der Waals surface area contributed by atoms with E-state index in [1.165, 1.54) is 36.2 Å². The normalized spacial score (nSPS) is 12.0. The largest absolute Gasteiger partial charge is 0.456 e. The van der Waals surface area contributed by atoms with Gasteiger partial charge in [0, 0.05) is 49.4 Å². The molecule has 3 aromatic carbocycles. The van der Waals surface area contributed by atoms with E-state index < -0.39 is 29.7 Å². The van der Waals surface area contributed by atoms with E-state index >= 15 is 0 Å². The summed E-state index contributed by atoms with van der Waals surface area (Å²) in [5.41, 5.74) is 10.00. The van der Waals surface area contributed by atoms with Crippen molar-refractivity contribution in [2.75, 3.05) is 19.6 Å². The second kappa shape index (κ2) is 19.9. The first-order valence-electron chi connectivity index (χ1n) is 15.7. The van der Waals surface area contributed by atoms with Gasteiger partial charge in [-0.05, 0) is 72.7 Å². The Kier molecular flexibility index (Phi) is 16.7. The second-order valence-electron chi connectivity index (χ2n) is 11.3. The van der Waals surface area contributed by atoms with Crippen LogP contribution in [-0.2, 0) is 24.1 Å². The highest BCUT2D eigenvalue weighted by Crippen LogP contribution is 2.24. The van der Waals surface area contributed by atoms with Crippen LogP contribution in [0, 0.1) is 11.6 Å². The van der Waals surface area contributed by atoms with Gasteiger partial charge in [-0.15, -0.1) is 24.8 Å². The van der Waals surface area contributed by atoms with Crippen molar-refractivity contribution in [3.8, 4) is 11.5 Å². The van der Waals surface area contributed by atoms with Crippen LogP contribution in [0.1, 0.15) is 71.0 Å². The molecule has 260 valence electrons. The minimum Gasteiger partial charge on any atom is -0.456 e. The van der Waals surface area contributed by atoms with Crippen molar-refractivity contribution in [3.63, 3.8) is 0 Å². The zero-order valence-corrected chi connectivity index (χ0v) is 29.0. The molecule has 1 amide bonds. The lowest BCUT2D eigenvalue weighted by Gasteiger charge is -2.25. The fraction of sp³-hybridized carbons (Fsp3) is 0.361. The van der Waals surface area contributed by atoms with Gasteiger partial charge in [0.2, 0.25) is 5.89 Å². The van der Waals surface area contributed by atoms with Gasteiger partial charge in [-0.25, -0.2) is 18.6 Å². The van der Waals surface area contributed by atoms with Gasteiger partial charge in [-0.2, -0.15) is 0 Å². The van der Waals surface area contributed by atoms with E-state index in [0.29, 0.717) is 36.3 Å². The van der Waals surface area contributed by atoms with Crippen LogP contribution >= 0.6 is 24.8 Å². The number of benzene rings is 3. The standard InChI is InChI=1S/C36H42F2N4O4.2ClH/c1-4-11-42(12-5-2)35(43)28-18-27(34-41-10-13-45-34)19-29(20-28)36(44)46-33(23-40-22-25-9-7-8-24(6-3)14-25)32(39)17-26-15-30(37)21-31(38)16-26;;/h7-10,13-16,18-21,32-33,40H,4-6,11-12,17,22-23,39H2,1-3H3;2*1H. The van der Waals surface area contributed by atoms with Crippen LogP contribution in [0.3, 0.4) is 0 Å². The number of rotatable bonds is 16. The number of oxazole rings is 1. The molecular weight excluding hydrogens is 661 g/mol. The van der Waals surface area contributed by atoms with Gasteiger partial charge in [-0.1, -0.05) is 45.0 Å². The van der Waals surface area contributed by atoms with E-state index in [-0.39, 0.29) is 55.1 Å². The van der Waals surface area contributed by atoms with Gasteiger partial charge < -0.3 is 25.1 Å². The maximum Gasteiger partial charge on any atom is 0.338 e. The summed E-state index contributed by atoms with van der Waals surface area (Å²) in [4.78, 5) is 33.3. The van der Waals surface area contributed by atoms with E-state index in [9.17, 15) is 18.4 Å². The van der Waals surface area contributed by atoms with Crippen molar-refractivity contribution in [2.24, 2.45) is 5.73 Å². The monoisotopic (exact) mass is 704 g/mol. The van der Waals surface area contributed by atoms with Crippen LogP contribution in [0.15, 0.2) is 77.5 Å². The summed E-state index contributed by atoms with van der Waals surface area (Å²) in [6.07, 6.45) is 4.53. The minimum absolute atomic E-state index is 0. The van der Waals surface area contributed by atoms with E-state index in [4.69, 9.17) is 14.9 Å². The van der Waals surface area contributed by atoms with Crippen molar-refractivity contribution in [1.29, 1.82) is 0 Å². The second-order valence-corrected chi connectivity index (χ2v) is 11.3. The molecule has 0 saturated carbocycles. The molecule has 0 aliphatic carbocycles. The van der Waals surface area contributed by atoms with Gasteiger partial charge in [0.1, 0.15) is 24.0 Å². The number of nitrogens with zero attached hydrogens (tertiary/aromatic N) is 2. The Morgan fingerprint density at radius 2 is 1.58 bits per heavy atom. The molecule has 0 fully saturated rings. The van der Waals surface area contributed by atoms with E-state index in [2.05, 4.69) is 29.4 Å². The van der Waals surface area contributed by atoms with Gasteiger partial charge in [0.05, 0.1) is 11.8 Å². The van der Waals surface area contributed by atoms with Crippen LogP contribution in [0.25, 0.3) is 11.5 Å². The molecule has 0 aliphatic heterocycles. The Morgan fingerprint density at radius 3 is 2.21 bits per heavy atom. The van der Waals surface area contributed by atoms with Crippen molar-refractivity contribution in [1.82, 2.24) is 15.2 Å². The van der Waals surface area contributed by atoms with E-state index in [1.54, 1.807) is 17.0 Å². The number of amides is 1. The molecule has 0 aliphatic rings. The molecule has 8 nitrogen and oxygen atoms in total. The minimum atomic E-state index is -0.880. The first-order chi connectivity index (χ1) is 22.2. The topological polar surface area (TPSA) is 111 Å². The molecule has 1 aromatic heterocycles. The molecule has 2 unspecified atom stereocenters. The smallest absolute Gasteiger partial charge is 0.338 e. The lowest BCUT2D eigenvalue weighted by molar-refractivity contribution is 0.0238. The zero-order valence-electron chi connectivity index (χ0n) is 27.4. The predicted octanol–water partition coefficient (Wildman–Crippen LogP) is 7.17. The summed E-state index contributed by atoms with van der Waals surface area (Å²) >= 11 is 0. The first-order valence-corrected chi connectivity index (χ1v) is 15.7. The highest BCUT2D eigenvalue weighted by Gasteiger charge is 2.26. The van der Waals surface area contributed by atoms with Crippen LogP contribution < -0.4 is 11.1 Å². The first kappa shape index (κ1) is 40.3. The third kappa shape index (κ3) is 11.4. The summed E-state index contributed by atoms with van der Waals surface area (Å²) < 4.78 is 39.4. The van der Waals surface area contributed by atoms with Crippen molar-refractivity contribution < 1.29 is 27.5 Å². The lowest BCUT2D eigenvalue weighted by atomic mass is 10.0. The van der Waals surface area contributed by atoms with Crippen LogP contribution in [0.4, 0.5) is 8.78 Å². The highest BCUT2D eigenvalue weighted by molar-refractivity contribution is 5.99. The van der Waals surface area contributed by atoms with Crippen LogP contribution in [0.2, 0.25) is 0 Å². The number of carbonyl (C=O) groups excluding carboxylic acids is 2. The number of carbonyl (C=O) groups is 2. The van der Waals surface area contributed by atoms with Crippen molar-refractivity contribution in [2.45, 2.75) is 65.1 Å². The third-order valence-electron chi connectivity index (χ3n) is 7.57. The van der Waals surface area contributed by atoms with E-state index in [0.717, 1.165) is 30.9 Å². The highest BCUT2D eigenvalue weighted by atomic mass is 35.5. The van der Waals surface area contributed by atoms with Crippen molar-refractivity contribution in [3.05, 3.63) is 113 Å². The number of hydrogen-bond donors (Lipinski definition) is 2.